The van der Waals surface area contributed by atoms with E-state index in [0.717, 1.165) is 18.9 Å². The standard InChI is InChI=1S/C15H20F3NO/c1-3-7-19-15(10-6-8-20-9(10)2)11-4-5-12(16)14(18)13(11)17/h4-5,9-10,15,19H,3,6-8H2,1-2H3. The Hall–Kier alpha value is -1.07. The summed E-state index contributed by atoms with van der Waals surface area (Å²) in [5, 5.41) is 3.24. The fourth-order valence-electron chi connectivity index (χ4n) is 2.76. The Kier molecular flexibility index (Phi) is 5.05. The van der Waals surface area contributed by atoms with Gasteiger partial charge in [0, 0.05) is 24.1 Å². The predicted molar refractivity (Wildman–Crippen MR) is 70.9 cm³/mol. The van der Waals surface area contributed by atoms with Gasteiger partial charge in [0.1, 0.15) is 0 Å². The lowest BCUT2D eigenvalue weighted by molar-refractivity contribution is 0.0948. The summed E-state index contributed by atoms with van der Waals surface area (Å²) in [6.07, 6.45) is 1.63. The number of hydrogen-bond donors (Lipinski definition) is 1. The van der Waals surface area contributed by atoms with Crippen LogP contribution in [-0.2, 0) is 4.74 Å². The number of benzene rings is 1. The van der Waals surface area contributed by atoms with Gasteiger partial charge >= 0.3 is 0 Å². The van der Waals surface area contributed by atoms with Gasteiger partial charge in [-0.2, -0.15) is 0 Å². The lowest BCUT2D eigenvalue weighted by atomic mass is 9.87. The molecule has 5 heteroatoms. The SMILES string of the molecule is CCCNC(c1ccc(F)c(F)c1F)C1CCOC1C. The molecule has 112 valence electrons. The van der Waals surface area contributed by atoms with E-state index < -0.39 is 17.5 Å². The molecule has 1 N–H and O–H groups in total. The van der Waals surface area contributed by atoms with Crippen LogP contribution in [0.25, 0.3) is 0 Å². The second-order valence-corrected chi connectivity index (χ2v) is 5.22. The van der Waals surface area contributed by atoms with Crippen LogP contribution in [-0.4, -0.2) is 19.3 Å². The molecule has 3 unspecified atom stereocenters. The Labute approximate surface area is 117 Å². The zero-order chi connectivity index (χ0) is 14.7. The first-order chi connectivity index (χ1) is 9.56. The van der Waals surface area contributed by atoms with Crippen LogP contribution in [0.5, 0.6) is 0 Å². The van der Waals surface area contributed by atoms with Gasteiger partial charge in [-0.15, -0.1) is 0 Å². The normalized spacial score (nSPS) is 24.1. The molecule has 0 amide bonds. The van der Waals surface area contributed by atoms with Gasteiger partial charge in [0.25, 0.3) is 0 Å². The van der Waals surface area contributed by atoms with Gasteiger partial charge in [-0.05, 0) is 32.4 Å². The molecule has 20 heavy (non-hydrogen) atoms. The van der Waals surface area contributed by atoms with Crippen molar-refractivity contribution in [2.75, 3.05) is 13.2 Å². The van der Waals surface area contributed by atoms with Crippen LogP contribution in [0.15, 0.2) is 12.1 Å². The molecule has 1 aliphatic rings. The first-order valence-corrected chi connectivity index (χ1v) is 7.04. The van der Waals surface area contributed by atoms with Crippen LogP contribution < -0.4 is 5.32 Å². The first kappa shape index (κ1) is 15.3. The van der Waals surface area contributed by atoms with Crippen molar-refractivity contribution in [3.8, 4) is 0 Å². The van der Waals surface area contributed by atoms with Gasteiger partial charge < -0.3 is 10.1 Å². The molecule has 0 aromatic heterocycles. The Morgan fingerprint density at radius 1 is 1.30 bits per heavy atom. The largest absolute Gasteiger partial charge is 0.378 e. The molecule has 0 bridgehead atoms. The summed E-state index contributed by atoms with van der Waals surface area (Å²) in [6.45, 7) is 5.23. The molecule has 2 rings (SSSR count). The van der Waals surface area contributed by atoms with Gasteiger partial charge in [-0.3, -0.25) is 0 Å². The van der Waals surface area contributed by atoms with Crippen molar-refractivity contribution < 1.29 is 17.9 Å². The van der Waals surface area contributed by atoms with E-state index in [-0.39, 0.29) is 23.6 Å². The maximum absolute atomic E-state index is 14.0. The van der Waals surface area contributed by atoms with Crippen molar-refractivity contribution in [1.29, 1.82) is 0 Å². The average Bonchev–Trinajstić information content (AvgIpc) is 2.85. The van der Waals surface area contributed by atoms with Gasteiger partial charge in [-0.1, -0.05) is 13.0 Å². The van der Waals surface area contributed by atoms with E-state index >= 15 is 0 Å². The highest BCUT2D eigenvalue weighted by molar-refractivity contribution is 5.25. The second kappa shape index (κ2) is 6.59. The maximum atomic E-state index is 14.0. The van der Waals surface area contributed by atoms with E-state index in [0.29, 0.717) is 13.2 Å². The summed E-state index contributed by atoms with van der Waals surface area (Å²) < 4.78 is 46.1. The summed E-state index contributed by atoms with van der Waals surface area (Å²) in [7, 11) is 0. The fourth-order valence-corrected chi connectivity index (χ4v) is 2.76. The average molecular weight is 287 g/mol. The second-order valence-electron chi connectivity index (χ2n) is 5.22. The third-order valence-electron chi connectivity index (χ3n) is 3.88. The van der Waals surface area contributed by atoms with Crippen LogP contribution in [0.4, 0.5) is 13.2 Å². The Morgan fingerprint density at radius 2 is 2.05 bits per heavy atom. The van der Waals surface area contributed by atoms with Crippen molar-refractivity contribution in [2.24, 2.45) is 5.92 Å². The van der Waals surface area contributed by atoms with Gasteiger partial charge in [0.2, 0.25) is 0 Å². The number of hydrogen-bond acceptors (Lipinski definition) is 2. The monoisotopic (exact) mass is 287 g/mol. The van der Waals surface area contributed by atoms with E-state index in [2.05, 4.69) is 5.32 Å². The molecule has 1 aliphatic heterocycles. The molecular formula is C15H20F3NO. The number of halogens is 3. The van der Waals surface area contributed by atoms with Crippen molar-refractivity contribution in [3.05, 3.63) is 35.1 Å². The molecule has 1 heterocycles. The quantitative estimate of drug-likeness (QED) is 0.836. The molecule has 0 radical (unpaired) electrons. The fraction of sp³-hybridized carbons (Fsp3) is 0.600. The highest BCUT2D eigenvalue weighted by Crippen LogP contribution is 2.35. The lowest BCUT2D eigenvalue weighted by Gasteiger charge is -2.28. The summed E-state index contributed by atoms with van der Waals surface area (Å²) in [6, 6.07) is 1.95. The van der Waals surface area contributed by atoms with Crippen molar-refractivity contribution in [2.45, 2.75) is 38.8 Å². The highest BCUT2D eigenvalue weighted by atomic mass is 19.2. The topological polar surface area (TPSA) is 21.3 Å². The molecule has 1 aromatic carbocycles. The predicted octanol–water partition coefficient (Wildman–Crippen LogP) is 3.57. The van der Waals surface area contributed by atoms with Crippen molar-refractivity contribution in [3.63, 3.8) is 0 Å². The number of rotatable bonds is 5. The van der Waals surface area contributed by atoms with Crippen LogP contribution in [0, 0.1) is 23.4 Å². The minimum atomic E-state index is -1.41. The van der Waals surface area contributed by atoms with E-state index in [1.807, 2.05) is 13.8 Å². The van der Waals surface area contributed by atoms with Gasteiger partial charge in [-0.25, -0.2) is 13.2 Å². The smallest absolute Gasteiger partial charge is 0.194 e. The third kappa shape index (κ3) is 2.99. The zero-order valence-corrected chi connectivity index (χ0v) is 11.8. The lowest BCUT2D eigenvalue weighted by Crippen LogP contribution is -2.33. The molecule has 3 atom stereocenters. The summed E-state index contributed by atoms with van der Waals surface area (Å²) in [4.78, 5) is 0. The van der Waals surface area contributed by atoms with E-state index in [9.17, 15) is 13.2 Å². The summed E-state index contributed by atoms with van der Waals surface area (Å²) in [5.41, 5.74) is 0.180. The number of ether oxygens (including phenoxy) is 1. The molecule has 0 saturated carbocycles. The molecule has 1 aromatic rings. The first-order valence-electron chi connectivity index (χ1n) is 7.04. The van der Waals surface area contributed by atoms with Gasteiger partial charge in [0.15, 0.2) is 17.5 Å². The Bertz CT molecular complexity index is 467. The van der Waals surface area contributed by atoms with Crippen LogP contribution in [0.3, 0.4) is 0 Å². The van der Waals surface area contributed by atoms with Crippen LogP contribution >= 0.6 is 0 Å². The molecule has 0 aliphatic carbocycles. The molecule has 0 spiro atoms. The van der Waals surface area contributed by atoms with E-state index in [1.54, 1.807) is 0 Å². The van der Waals surface area contributed by atoms with Gasteiger partial charge in [0.05, 0.1) is 6.10 Å². The maximum Gasteiger partial charge on any atom is 0.194 e. The molecule has 1 saturated heterocycles. The minimum absolute atomic E-state index is 0.0307. The summed E-state index contributed by atoms with van der Waals surface area (Å²) >= 11 is 0. The van der Waals surface area contributed by atoms with Crippen molar-refractivity contribution >= 4 is 0 Å². The highest BCUT2D eigenvalue weighted by Gasteiger charge is 2.34. The van der Waals surface area contributed by atoms with Crippen molar-refractivity contribution in [1.82, 2.24) is 5.32 Å². The Balaban J connectivity index is 2.33. The Morgan fingerprint density at radius 3 is 2.65 bits per heavy atom. The molecule has 2 nitrogen and oxygen atoms in total. The molecule has 1 fully saturated rings. The number of nitrogens with one attached hydrogen (secondary N) is 1. The summed E-state index contributed by atoms with van der Waals surface area (Å²) in [5.74, 6) is -3.60. The van der Waals surface area contributed by atoms with Crippen LogP contribution in [0.1, 0.15) is 38.3 Å². The van der Waals surface area contributed by atoms with E-state index in [4.69, 9.17) is 4.74 Å². The molecular weight excluding hydrogens is 267 g/mol. The third-order valence-corrected chi connectivity index (χ3v) is 3.88. The zero-order valence-electron chi connectivity index (χ0n) is 11.8. The van der Waals surface area contributed by atoms with E-state index in [1.165, 1.54) is 6.07 Å². The van der Waals surface area contributed by atoms with Crippen LogP contribution in [0.2, 0.25) is 0 Å². The minimum Gasteiger partial charge on any atom is -0.378 e.